The van der Waals surface area contributed by atoms with E-state index in [1.807, 2.05) is 6.92 Å². The molecule has 1 aliphatic heterocycles. The Morgan fingerprint density at radius 1 is 1.50 bits per heavy atom. The molecule has 16 heavy (non-hydrogen) atoms. The van der Waals surface area contributed by atoms with E-state index in [0.29, 0.717) is 4.47 Å². The van der Waals surface area contributed by atoms with E-state index in [4.69, 9.17) is 4.74 Å². The second-order valence-corrected chi connectivity index (χ2v) is 4.77. The fraction of sp³-hybridized carbons (Fsp3) is 0.250. The number of allylic oxidation sites excluding steroid dienone is 1. The zero-order valence-electron chi connectivity index (χ0n) is 8.67. The number of ketones is 1. The molecule has 1 heterocycles. The molecule has 1 aromatic rings. The van der Waals surface area contributed by atoms with Crippen LogP contribution in [0.1, 0.15) is 18.9 Å². The third-order valence-electron chi connectivity index (χ3n) is 2.59. The average Bonchev–Trinajstić information content (AvgIpc) is 2.16. The molecule has 0 amide bonds. The topological polar surface area (TPSA) is 26.3 Å². The molecular weight excluding hydrogens is 275 g/mol. The number of hydrogen-bond donors (Lipinski definition) is 0. The van der Waals surface area contributed by atoms with Crippen LogP contribution in [0.25, 0.3) is 0 Å². The largest absolute Gasteiger partial charge is 0.490 e. The first-order valence-electron chi connectivity index (χ1n) is 4.84. The van der Waals surface area contributed by atoms with E-state index in [2.05, 4.69) is 15.9 Å². The Morgan fingerprint density at radius 2 is 2.25 bits per heavy atom. The van der Waals surface area contributed by atoms with E-state index in [1.165, 1.54) is 24.5 Å². The van der Waals surface area contributed by atoms with Gasteiger partial charge in [-0.25, -0.2) is 4.39 Å². The molecule has 2 rings (SSSR count). The second-order valence-electron chi connectivity index (χ2n) is 3.92. The number of carbonyl (C=O) groups is 1. The monoisotopic (exact) mass is 284 g/mol. The lowest BCUT2D eigenvalue weighted by atomic mass is 9.89. The van der Waals surface area contributed by atoms with Crippen LogP contribution in [-0.2, 0) is 15.1 Å². The molecule has 0 radical (unpaired) electrons. The summed E-state index contributed by atoms with van der Waals surface area (Å²) in [5.74, 6) is -0.318. The van der Waals surface area contributed by atoms with Crippen molar-refractivity contribution in [3.8, 4) is 0 Å². The zero-order chi connectivity index (χ0) is 11.8. The van der Waals surface area contributed by atoms with Gasteiger partial charge in [-0.1, -0.05) is 22.0 Å². The molecule has 0 aromatic heterocycles. The number of ether oxygens (including phenoxy) is 1. The van der Waals surface area contributed by atoms with Gasteiger partial charge in [-0.15, -0.1) is 0 Å². The number of halogens is 2. The van der Waals surface area contributed by atoms with E-state index < -0.39 is 5.60 Å². The van der Waals surface area contributed by atoms with Crippen molar-refractivity contribution in [2.75, 3.05) is 0 Å². The minimum atomic E-state index is -0.724. The molecule has 1 unspecified atom stereocenters. The molecular formula is C12H10BrFO2. The van der Waals surface area contributed by atoms with Gasteiger partial charge < -0.3 is 4.74 Å². The molecule has 0 saturated heterocycles. The summed E-state index contributed by atoms with van der Waals surface area (Å²) in [5, 5.41) is 0. The predicted molar refractivity (Wildman–Crippen MR) is 61.3 cm³/mol. The summed E-state index contributed by atoms with van der Waals surface area (Å²) in [6.07, 6.45) is 3.05. The van der Waals surface area contributed by atoms with Gasteiger partial charge in [0.05, 0.1) is 12.7 Å². The van der Waals surface area contributed by atoms with Crippen LogP contribution in [0.4, 0.5) is 4.39 Å². The smallest absolute Gasteiger partial charge is 0.163 e. The Labute approximate surface area is 101 Å². The molecule has 1 atom stereocenters. The van der Waals surface area contributed by atoms with Crippen molar-refractivity contribution >= 4 is 21.7 Å². The van der Waals surface area contributed by atoms with Gasteiger partial charge >= 0.3 is 0 Å². The number of hydrogen-bond acceptors (Lipinski definition) is 2. The molecule has 0 fully saturated rings. The van der Waals surface area contributed by atoms with Crippen LogP contribution in [0.3, 0.4) is 0 Å². The Hall–Kier alpha value is -1.16. The molecule has 1 aromatic carbocycles. The number of carbonyl (C=O) groups excluding carboxylic acids is 1. The van der Waals surface area contributed by atoms with Crippen molar-refractivity contribution in [2.45, 2.75) is 18.9 Å². The Kier molecular flexibility index (Phi) is 2.84. The summed E-state index contributed by atoms with van der Waals surface area (Å²) in [5.41, 5.74) is 0.0462. The second kappa shape index (κ2) is 4.01. The Bertz CT molecular complexity index is 470. The first-order chi connectivity index (χ1) is 7.51. The Balaban J connectivity index is 2.43. The first kappa shape index (κ1) is 11.3. The summed E-state index contributed by atoms with van der Waals surface area (Å²) in [6, 6.07) is 4.36. The van der Waals surface area contributed by atoms with Gasteiger partial charge in [0.2, 0.25) is 0 Å². The Morgan fingerprint density at radius 3 is 2.88 bits per heavy atom. The van der Waals surface area contributed by atoms with Crippen LogP contribution >= 0.6 is 15.9 Å². The van der Waals surface area contributed by atoms with E-state index in [-0.39, 0.29) is 18.0 Å². The maximum Gasteiger partial charge on any atom is 0.163 e. The highest BCUT2D eigenvalue weighted by Crippen LogP contribution is 2.36. The third-order valence-corrected chi connectivity index (χ3v) is 3.25. The first-order valence-corrected chi connectivity index (χ1v) is 5.63. The standard InChI is InChI=1S/C12H10BrFO2/c1-12(7-9(15)4-5-16-12)10-3-2-8(14)6-11(10)13/h2-6H,7H2,1H3. The highest BCUT2D eigenvalue weighted by atomic mass is 79.9. The van der Waals surface area contributed by atoms with Crippen molar-refractivity contribution in [1.82, 2.24) is 0 Å². The highest BCUT2D eigenvalue weighted by Gasteiger charge is 2.34. The van der Waals surface area contributed by atoms with Gasteiger partial charge in [0.25, 0.3) is 0 Å². The van der Waals surface area contributed by atoms with Crippen LogP contribution in [-0.4, -0.2) is 5.78 Å². The van der Waals surface area contributed by atoms with Gasteiger partial charge in [0, 0.05) is 16.1 Å². The average molecular weight is 285 g/mol. The van der Waals surface area contributed by atoms with Crippen molar-refractivity contribution in [2.24, 2.45) is 0 Å². The fourth-order valence-electron chi connectivity index (χ4n) is 1.77. The molecule has 0 N–H and O–H groups in total. The van der Waals surface area contributed by atoms with E-state index in [9.17, 15) is 9.18 Å². The maximum absolute atomic E-state index is 13.0. The van der Waals surface area contributed by atoms with E-state index in [0.717, 1.165) is 5.56 Å². The summed E-state index contributed by atoms with van der Waals surface area (Å²) >= 11 is 3.28. The molecule has 1 aliphatic rings. The number of rotatable bonds is 1. The van der Waals surface area contributed by atoms with Gasteiger partial charge in [-0.05, 0) is 19.1 Å². The van der Waals surface area contributed by atoms with Gasteiger partial charge in [0.15, 0.2) is 5.78 Å². The lowest BCUT2D eigenvalue weighted by Gasteiger charge is -2.31. The molecule has 0 spiro atoms. The van der Waals surface area contributed by atoms with Crippen molar-refractivity contribution < 1.29 is 13.9 Å². The quantitative estimate of drug-likeness (QED) is 0.791. The third kappa shape index (κ3) is 2.02. The summed E-state index contributed by atoms with van der Waals surface area (Å²) in [6.45, 7) is 1.81. The highest BCUT2D eigenvalue weighted by molar-refractivity contribution is 9.10. The minimum absolute atomic E-state index is 0.00461. The summed E-state index contributed by atoms with van der Waals surface area (Å²) in [4.78, 5) is 11.4. The molecule has 2 nitrogen and oxygen atoms in total. The molecule has 84 valence electrons. The normalized spacial score (nSPS) is 24.3. The lowest BCUT2D eigenvalue weighted by molar-refractivity contribution is -0.122. The van der Waals surface area contributed by atoms with Gasteiger partial charge in [-0.3, -0.25) is 4.79 Å². The van der Waals surface area contributed by atoms with Crippen LogP contribution < -0.4 is 0 Å². The minimum Gasteiger partial charge on any atom is -0.490 e. The fourth-order valence-corrected chi connectivity index (χ4v) is 2.54. The predicted octanol–water partition coefficient (Wildman–Crippen LogP) is 3.31. The van der Waals surface area contributed by atoms with Crippen LogP contribution in [0, 0.1) is 5.82 Å². The molecule has 0 saturated carbocycles. The number of benzene rings is 1. The summed E-state index contributed by atoms with van der Waals surface area (Å²) in [7, 11) is 0. The lowest BCUT2D eigenvalue weighted by Crippen LogP contribution is -2.30. The van der Waals surface area contributed by atoms with E-state index >= 15 is 0 Å². The van der Waals surface area contributed by atoms with Crippen molar-refractivity contribution in [1.29, 1.82) is 0 Å². The zero-order valence-corrected chi connectivity index (χ0v) is 10.3. The van der Waals surface area contributed by atoms with Crippen LogP contribution in [0.5, 0.6) is 0 Å². The SMILES string of the molecule is CC1(c2ccc(F)cc2Br)CC(=O)C=CO1. The molecule has 0 bridgehead atoms. The van der Waals surface area contributed by atoms with Crippen molar-refractivity contribution in [3.63, 3.8) is 0 Å². The summed E-state index contributed by atoms with van der Waals surface area (Å²) < 4.78 is 19.1. The molecule has 0 aliphatic carbocycles. The van der Waals surface area contributed by atoms with Crippen LogP contribution in [0.15, 0.2) is 35.0 Å². The van der Waals surface area contributed by atoms with Crippen molar-refractivity contribution in [3.05, 3.63) is 46.4 Å². The van der Waals surface area contributed by atoms with Gasteiger partial charge in [0.1, 0.15) is 11.4 Å². The van der Waals surface area contributed by atoms with Gasteiger partial charge in [-0.2, -0.15) is 0 Å². The molecule has 4 heteroatoms. The maximum atomic E-state index is 13.0. The van der Waals surface area contributed by atoms with Crippen LogP contribution in [0.2, 0.25) is 0 Å². The van der Waals surface area contributed by atoms with E-state index in [1.54, 1.807) is 6.07 Å².